The van der Waals surface area contributed by atoms with Crippen molar-refractivity contribution in [3.8, 4) is 0 Å². The van der Waals surface area contributed by atoms with Crippen molar-refractivity contribution in [2.75, 3.05) is 11.9 Å². The van der Waals surface area contributed by atoms with Gasteiger partial charge in [-0.25, -0.2) is 4.98 Å². The van der Waals surface area contributed by atoms with Crippen LogP contribution in [0, 0.1) is 10.1 Å². The quantitative estimate of drug-likeness (QED) is 0.514. The van der Waals surface area contributed by atoms with Gasteiger partial charge in [-0.2, -0.15) is 0 Å². The summed E-state index contributed by atoms with van der Waals surface area (Å²) in [6, 6.07) is 4.24. The van der Waals surface area contributed by atoms with E-state index in [1.54, 1.807) is 6.92 Å². The summed E-state index contributed by atoms with van der Waals surface area (Å²) in [7, 11) is 0. The summed E-state index contributed by atoms with van der Waals surface area (Å²) >= 11 is 1.11. The van der Waals surface area contributed by atoms with E-state index in [0.717, 1.165) is 11.3 Å². The van der Waals surface area contributed by atoms with Crippen molar-refractivity contribution in [1.82, 2.24) is 4.98 Å². The predicted molar refractivity (Wildman–Crippen MR) is 76.2 cm³/mol. The molecule has 2 aromatic rings. The van der Waals surface area contributed by atoms with Crippen LogP contribution in [-0.2, 0) is 14.3 Å². The minimum absolute atomic E-state index is 0.0408. The van der Waals surface area contributed by atoms with Gasteiger partial charge in [0.1, 0.15) is 0 Å². The zero-order chi connectivity index (χ0) is 15.4. The maximum absolute atomic E-state index is 11.6. The second-order valence-electron chi connectivity index (χ2n) is 3.99. The second kappa shape index (κ2) is 6.27. The Morgan fingerprint density at radius 2 is 2.24 bits per heavy atom. The third-order valence-electron chi connectivity index (χ3n) is 2.48. The number of esters is 1. The van der Waals surface area contributed by atoms with Gasteiger partial charge in [0.2, 0.25) is 0 Å². The molecule has 8 nitrogen and oxygen atoms in total. The monoisotopic (exact) mass is 309 g/mol. The molecule has 0 radical (unpaired) electrons. The molecule has 0 spiro atoms. The summed E-state index contributed by atoms with van der Waals surface area (Å²) in [6.45, 7) is 1.24. The van der Waals surface area contributed by atoms with Crippen molar-refractivity contribution in [3.05, 3.63) is 28.3 Å². The summed E-state index contributed by atoms with van der Waals surface area (Å²) in [6.07, 6.45) is 0.193. The van der Waals surface area contributed by atoms with Crippen LogP contribution in [0.25, 0.3) is 10.2 Å². The highest BCUT2D eigenvalue weighted by atomic mass is 32.1. The summed E-state index contributed by atoms with van der Waals surface area (Å²) in [5.74, 6) is -0.976. The minimum atomic E-state index is -0.509. The number of ether oxygens (including phenoxy) is 1. The van der Waals surface area contributed by atoms with E-state index >= 15 is 0 Å². The number of carbonyl (C=O) groups excluding carboxylic acids is 2. The molecule has 110 valence electrons. The molecule has 0 aliphatic rings. The number of nitro benzene ring substituents is 1. The third-order valence-corrected chi connectivity index (χ3v) is 3.42. The van der Waals surface area contributed by atoms with Gasteiger partial charge >= 0.3 is 5.97 Å². The standard InChI is InChI=1S/C12H11N3O5S/c1-2-11(17)20-6-10(16)14-12-13-8-4-3-7(15(18)19)5-9(8)21-12/h3-5H,2,6H2,1H3,(H,13,14,16). The number of rotatable bonds is 5. The Labute approximate surface area is 122 Å². The molecule has 1 aromatic heterocycles. The van der Waals surface area contributed by atoms with Crippen LogP contribution in [0.2, 0.25) is 0 Å². The molecule has 0 atom stereocenters. The lowest BCUT2D eigenvalue weighted by molar-refractivity contribution is -0.384. The number of amides is 1. The van der Waals surface area contributed by atoms with Crippen molar-refractivity contribution in [3.63, 3.8) is 0 Å². The molecule has 0 saturated carbocycles. The molecule has 2 rings (SSSR count). The van der Waals surface area contributed by atoms with Gasteiger partial charge in [0, 0.05) is 18.6 Å². The Kier molecular flexibility index (Phi) is 4.43. The smallest absolute Gasteiger partial charge is 0.306 e. The van der Waals surface area contributed by atoms with Gasteiger partial charge < -0.3 is 4.74 Å². The normalized spacial score (nSPS) is 10.3. The largest absolute Gasteiger partial charge is 0.456 e. The van der Waals surface area contributed by atoms with Crippen molar-refractivity contribution in [2.24, 2.45) is 0 Å². The molecule has 0 fully saturated rings. The van der Waals surface area contributed by atoms with E-state index in [1.807, 2.05) is 0 Å². The number of fused-ring (bicyclic) bond motifs is 1. The summed E-state index contributed by atoms with van der Waals surface area (Å²) in [4.78, 5) is 36.8. The molecule has 9 heteroatoms. The zero-order valence-corrected chi connectivity index (χ0v) is 11.8. The fourth-order valence-corrected chi connectivity index (χ4v) is 2.40. The third kappa shape index (κ3) is 3.72. The Morgan fingerprint density at radius 1 is 1.48 bits per heavy atom. The van der Waals surface area contributed by atoms with Crippen LogP contribution in [0.15, 0.2) is 18.2 Å². The van der Waals surface area contributed by atoms with E-state index in [1.165, 1.54) is 18.2 Å². The van der Waals surface area contributed by atoms with E-state index in [-0.39, 0.29) is 18.7 Å². The number of nitrogens with zero attached hydrogens (tertiary/aromatic N) is 2. The van der Waals surface area contributed by atoms with Crippen LogP contribution in [-0.4, -0.2) is 28.4 Å². The molecule has 1 N–H and O–H groups in total. The van der Waals surface area contributed by atoms with Gasteiger partial charge in [-0.1, -0.05) is 18.3 Å². The Morgan fingerprint density at radius 3 is 2.90 bits per heavy atom. The predicted octanol–water partition coefficient (Wildman–Crippen LogP) is 2.10. The minimum Gasteiger partial charge on any atom is -0.456 e. The lowest BCUT2D eigenvalue weighted by Crippen LogP contribution is -2.20. The van der Waals surface area contributed by atoms with Crippen LogP contribution in [0.5, 0.6) is 0 Å². The molecule has 1 heterocycles. The first-order chi connectivity index (χ1) is 9.99. The first kappa shape index (κ1) is 14.9. The molecule has 0 aliphatic heterocycles. The van der Waals surface area contributed by atoms with E-state index in [2.05, 4.69) is 15.0 Å². The average Bonchev–Trinajstić information content (AvgIpc) is 2.85. The number of benzene rings is 1. The van der Waals surface area contributed by atoms with E-state index in [0.29, 0.717) is 15.3 Å². The maximum Gasteiger partial charge on any atom is 0.306 e. The molecule has 0 unspecified atom stereocenters. The number of nitrogens with one attached hydrogen (secondary N) is 1. The molecule has 1 aromatic carbocycles. The van der Waals surface area contributed by atoms with Crippen molar-refractivity contribution < 1.29 is 19.2 Å². The number of aromatic nitrogens is 1. The zero-order valence-electron chi connectivity index (χ0n) is 11.0. The average molecular weight is 309 g/mol. The second-order valence-corrected chi connectivity index (χ2v) is 5.02. The topological polar surface area (TPSA) is 111 Å². The van der Waals surface area contributed by atoms with E-state index in [9.17, 15) is 19.7 Å². The maximum atomic E-state index is 11.6. The molecular weight excluding hydrogens is 298 g/mol. The van der Waals surface area contributed by atoms with Crippen molar-refractivity contribution >= 4 is 44.2 Å². The van der Waals surface area contributed by atoms with Gasteiger partial charge in [-0.15, -0.1) is 0 Å². The summed E-state index contributed by atoms with van der Waals surface area (Å²) in [5.41, 5.74) is 0.507. The first-order valence-corrected chi connectivity index (χ1v) is 6.81. The summed E-state index contributed by atoms with van der Waals surface area (Å²) < 4.78 is 5.27. The Bertz CT molecular complexity index is 712. The Balaban J connectivity index is 2.07. The number of non-ortho nitro benzene ring substituents is 1. The van der Waals surface area contributed by atoms with Crippen LogP contribution in [0.3, 0.4) is 0 Å². The lowest BCUT2D eigenvalue weighted by Gasteiger charge is -2.02. The van der Waals surface area contributed by atoms with Crippen molar-refractivity contribution in [1.29, 1.82) is 0 Å². The van der Waals surface area contributed by atoms with Crippen molar-refractivity contribution in [2.45, 2.75) is 13.3 Å². The number of thiazole rings is 1. The number of anilines is 1. The van der Waals surface area contributed by atoms with Crippen LogP contribution >= 0.6 is 11.3 Å². The molecule has 0 aliphatic carbocycles. The highest BCUT2D eigenvalue weighted by Gasteiger charge is 2.12. The number of carbonyl (C=O) groups is 2. The SMILES string of the molecule is CCC(=O)OCC(=O)Nc1nc2ccc([N+](=O)[O-])cc2s1. The van der Waals surface area contributed by atoms with E-state index in [4.69, 9.17) is 0 Å². The summed E-state index contributed by atoms with van der Waals surface area (Å²) in [5, 5.41) is 13.5. The Hall–Kier alpha value is -2.55. The van der Waals surface area contributed by atoms with Gasteiger partial charge in [0.05, 0.1) is 15.1 Å². The first-order valence-electron chi connectivity index (χ1n) is 6.00. The highest BCUT2D eigenvalue weighted by Crippen LogP contribution is 2.28. The number of hydrogen-bond acceptors (Lipinski definition) is 7. The molecular formula is C12H11N3O5S. The van der Waals surface area contributed by atoms with Crippen LogP contribution in [0.1, 0.15) is 13.3 Å². The van der Waals surface area contributed by atoms with E-state index < -0.39 is 16.8 Å². The molecule has 0 saturated heterocycles. The lowest BCUT2D eigenvalue weighted by atomic mass is 10.3. The fraction of sp³-hybridized carbons (Fsp3) is 0.250. The highest BCUT2D eigenvalue weighted by molar-refractivity contribution is 7.22. The van der Waals surface area contributed by atoms with Crippen LogP contribution in [0.4, 0.5) is 10.8 Å². The number of hydrogen-bond donors (Lipinski definition) is 1. The van der Waals surface area contributed by atoms with Gasteiger partial charge in [-0.05, 0) is 6.07 Å². The molecule has 1 amide bonds. The van der Waals surface area contributed by atoms with Gasteiger partial charge in [0.25, 0.3) is 11.6 Å². The fourth-order valence-electron chi connectivity index (χ4n) is 1.48. The van der Waals surface area contributed by atoms with Crippen LogP contribution < -0.4 is 5.32 Å². The molecule has 21 heavy (non-hydrogen) atoms. The van der Waals surface area contributed by atoms with Gasteiger partial charge in [0.15, 0.2) is 11.7 Å². The number of nitro groups is 1. The molecule has 0 bridgehead atoms. The van der Waals surface area contributed by atoms with Gasteiger partial charge in [-0.3, -0.25) is 25.0 Å².